The van der Waals surface area contributed by atoms with E-state index in [0.717, 1.165) is 24.8 Å². The van der Waals surface area contributed by atoms with Crippen molar-refractivity contribution in [3.63, 3.8) is 0 Å². The summed E-state index contributed by atoms with van der Waals surface area (Å²) in [4.78, 5) is 11.4. The van der Waals surface area contributed by atoms with E-state index >= 15 is 0 Å². The molecule has 3 aliphatic carbocycles. The predicted molar refractivity (Wildman–Crippen MR) is 111 cm³/mol. The van der Waals surface area contributed by atoms with Gasteiger partial charge in [-0.05, 0) is 96.8 Å². The number of hydrogen-bond donors (Lipinski definition) is 2. The van der Waals surface area contributed by atoms with E-state index in [1.807, 2.05) is 6.07 Å². The second kappa shape index (κ2) is 7.27. The van der Waals surface area contributed by atoms with E-state index < -0.39 is 0 Å². The minimum absolute atomic E-state index is 0.0799. The van der Waals surface area contributed by atoms with E-state index in [0.29, 0.717) is 28.9 Å². The first-order valence-corrected chi connectivity index (χ1v) is 11.0. The van der Waals surface area contributed by atoms with Crippen LogP contribution in [0.1, 0.15) is 69.9 Å². The number of ether oxygens (including phenoxy) is 1. The number of rotatable bonds is 4. The maximum Gasteiger partial charge on any atom is 0.216 e. The molecule has 0 saturated heterocycles. The summed E-state index contributed by atoms with van der Waals surface area (Å²) in [5.41, 5.74) is 3.12. The fraction of sp³-hybridized carbons (Fsp3) is 0.708. The van der Waals surface area contributed by atoms with E-state index in [1.165, 1.54) is 43.2 Å². The number of aryl methyl sites for hydroxylation is 1. The molecule has 0 bridgehead atoms. The van der Waals surface area contributed by atoms with Crippen LogP contribution in [0.3, 0.4) is 0 Å². The van der Waals surface area contributed by atoms with Crippen molar-refractivity contribution in [3.05, 3.63) is 23.3 Å². The molecule has 0 heterocycles. The number of carbonyl (C=O) groups excluding carboxylic acids is 1. The highest BCUT2D eigenvalue weighted by molar-refractivity contribution is 5.72. The third-order valence-electron chi connectivity index (χ3n) is 8.46. The molecule has 0 spiro atoms. The number of methoxy groups -OCH3 is 1. The number of fused-ring (bicyclic) bond motifs is 5. The number of benzene rings is 1. The van der Waals surface area contributed by atoms with E-state index in [-0.39, 0.29) is 11.7 Å². The molecule has 4 rings (SSSR count). The standard InChI is InChI=1S/C24H35NO3/c1-14(13-25-15(2)26)20-7-8-21-18-6-5-16-11-22(27)23(28-4)12-19(16)17(18)9-10-24(20,21)3/h11-12,14,17-18,20-21,27H,5-10,13H2,1-4H3,(H,25,26)/t14?,17-,18+,20+,21-,24+/m0/s1. The van der Waals surface area contributed by atoms with Gasteiger partial charge in [0.2, 0.25) is 5.91 Å². The highest BCUT2D eigenvalue weighted by Crippen LogP contribution is 2.64. The van der Waals surface area contributed by atoms with Crippen molar-refractivity contribution in [3.8, 4) is 11.5 Å². The summed E-state index contributed by atoms with van der Waals surface area (Å²) in [5, 5.41) is 13.2. The van der Waals surface area contributed by atoms with Gasteiger partial charge in [0.15, 0.2) is 11.5 Å². The van der Waals surface area contributed by atoms with Crippen molar-refractivity contribution in [2.75, 3.05) is 13.7 Å². The fourth-order valence-electron chi connectivity index (χ4n) is 7.17. The smallest absolute Gasteiger partial charge is 0.216 e. The summed E-state index contributed by atoms with van der Waals surface area (Å²) in [6, 6.07) is 4.04. The van der Waals surface area contributed by atoms with Crippen LogP contribution in [0.2, 0.25) is 0 Å². The first kappa shape index (κ1) is 19.6. The summed E-state index contributed by atoms with van der Waals surface area (Å²) < 4.78 is 5.41. The van der Waals surface area contributed by atoms with Gasteiger partial charge in [-0.25, -0.2) is 0 Å². The van der Waals surface area contributed by atoms with Gasteiger partial charge in [-0.1, -0.05) is 13.8 Å². The zero-order chi connectivity index (χ0) is 20.1. The van der Waals surface area contributed by atoms with Crippen molar-refractivity contribution in [1.29, 1.82) is 0 Å². The molecule has 3 aliphatic rings. The molecule has 4 nitrogen and oxygen atoms in total. The monoisotopic (exact) mass is 385 g/mol. The van der Waals surface area contributed by atoms with Crippen LogP contribution in [0.5, 0.6) is 11.5 Å². The van der Waals surface area contributed by atoms with E-state index in [9.17, 15) is 9.90 Å². The maximum absolute atomic E-state index is 11.4. The first-order chi connectivity index (χ1) is 13.3. The van der Waals surface area contributed by atoms with Gasteiger partial charge in [-0.3, -0.25) is 4.79 Å². The van der Waals surface area contributed by atoms with Crippen LogP contribution >= 0.6 is 0 Å². The normalized spacial score (nSPS) is 34.7. The Morgan fingerprint density at radius 1 is 1.32 bits per heavy atom. The Labute approximate surface area is 169 Å². The lowest BCUT2D eigenvalue weighted by Crippen LogP contribution is -2.44. The van der Waals surface area contributed by atoms with Gasteiger partial charge in [-0.15, -0.1) is 0 Å². The van der Waals surface area contributed by atoms with Gasteiger partial charge in [0.1, 0.15) is 0 Å². The Kier molecular flexibility index (Phi) is 5.09. The number of aromatic hydroxyl groups is 1. The van der Waals surface area contributed by atoms with Crippen molar-refractivity contribution in [2.24, 2.45) is 29.1 Å². The van der Waals surface area contributed by atoms with Crippen LogP contribution in [0, 0.1) is 29.1 Å². The van der Waals surface area contributed by atoms with Crippen molar-refractivity contribution >= 4 is 5.91 Å². The molecule has 0 aliphatic heterocycles. The van der Waals surface area contributed by atoms with Gasteiger partial charge < -0.3 is 15.2 Å². The Hall–Kier alpha value is -1.71. The summed E-state index contributed by atoms with van der Waals surface area (Å²) >= 11 is 0. The van der Waals surface area contributed by atoms with Crippen LogP contribution in [0.15, 0.2) is 12.1 Å². The molecular weight excluding hydrogens is 350 g/mol. The largest absolute Gasteiger partial charge is 0.504 e. The topological polar surface area (TPSA) is 58.6 Å². The number of carbonyl (C=O) groups is 1. The van der Waals surface area contributed by atoms with E-state index in [4.69, 9.17) is 4.74 Å². The van der Waals surface area contributed by atoms with Crippen LogP contribution in [-0.2, 0) is 11.2 Å². The quantitative estimate of drug-likeness (QED) is 0.793. The Balaban J connectivity index is 1.57. The number of phenols is 1. The average molecular weight is 386 g/mol. The minimum Gasteiger partial charge on any atom is -0.504 e. The molecule has 0 aromatic heterocycles. The fourth-order valence-corrected chi connectivity index (χ4v) is 7.17. The average Bonchev–Trinajstić information content (AvgIpc) is 3.02. The highest BCUT2D eigenvalue weighted by Gasteiger charge is 2.55. The van der Waals surface area contributed by atoms with Crippen molar-refractivity contribution in [2.45, 2.75) is 65.2 Å². The van der Waals surface area contributed by atoms with E-state index in [1.54, 1.807) is 14.0 Å². The molecule has 6 atom stereocenters. The van der Waals surface area contributed by atoms with E-state index in [2.05, 4.69) is 25.2 Å². The maximum atomic E-state index is 11.4. The van der Waals surface area contributed by atoms with Crippen LogP contribution < -0.4 is 10.1 Å². The van der Waals surface area contributed by atoms with Crippen molar-refractivity contribution in [1.82, 2.24) is 5.32 Å². The van der Waals surface area contributed by atoms with Crippen LogP contribution in [0.4, 0.5) is 0 Å². The molecule has 1 amide bonds. The number of hydrogen-bond acceptors (Lipinski definition) is 3. The molecule has 154 valence electrons. The summed E-state index contributed by atoms with van der Waals surface area (Å²) in [7, 11) is 1.64. The molecule has 1 aromatic carbocycles. The highest BCUT2D eigenvalue weighted by atomic mass is 16.5. The molecule has 4 heteroatoms. The third-order valence-corrected chi connectivity index (χ3v) is 8.46. The summed E-state index contributed by atoms with van der Waals surface area (Å²) in [6.07, 6.45) is 7.38. The van der Waals surface area contributed by atoms with Gasteiger partial charge in [-0.2, -0.15) is 0 Å². The molecule has 28 heavy (non-hydrogen) atoms. The Bertz CT molecular complexity index is 760. The molecule has 2 saturated carbocycles. The molecule has 0 radical (unpaired) electrons. The Morgan fingerprint density at radius 3 is 2.82 bits per heavy atom. The lowest BCUT2D eigenvalue weighted by Gasteiger charge is -2.52. The third kappa shape index (κ3) is 3.09. The van der Waals surface area contributed by atoms with Gasteiger partial charge in [0.05, 0.1) is 7.11 Å². The molecule has 2 fully saturated rings. The van der Waals surface area contributed by atoms with Gasteiger partial charge in [0, 0.05) is 13.5 Å². The second-order valence-electron chi connectivity index (χ2n) is 9.78. The molecule has 1 unspecified atom stereocenters. The number of nitrogens with one attached hydrogen (secondary N) is 1. The van der Waals surface area contributed by atoms with Crippen LogP contribution in [-0.4, -0.2) is 24.7 Å². The van der Waals surface area contributed by atoms with Gasteiger partial charge >= 0.3 is 0 Å². The van der Waals surface area contributed by atoms with Crippen molar-refractivity contribution < 1.29 is 14.6 Å². The molecular formula is C24H35NO3. The lowest BCUT2D eigenvalue weighted by atomic mass is 9.53. The lowest BCUT2D eigenvalue weighted by molar-refractivity contribution is -0.119. The minimum atomic E-state index is 0.0799. The first-order valence-electron chi connectivity index (χ1n) is 11.0. The predicted octanol–water partition coefficient (Wildman–Crippen LogP) is 4.65. The molecule has 2 N–H and O–H groups in total. The summed E-state index contributed by atoms with van der Waals surface area (Å²) in [6.45, 7) is 7.27. The SMILES string of the molecule is COc1cc2c(cc1O)CC[C@@H]1[C@@H]2CC[C@]2(C)[C@@H](C(C)CNC(C)=O)CC[C@@H]12. The summed E-state index contributed by atoms with van der Waals surface area (Å²) in [5.74, 6) is 4.29. The van der Waals surface area contributed by atoms with Gasteiger partial charge in [0.25, 0.3) is 0 Å². The zero-order valence-electron chi connectivity index (χ0n) is 17.8. The second-order valence-corrected chi connectivity index (χ2v) is 9.78. The van der Waals surface area contributed by atoms with Crippen LogP contribution in [0.25, 0.3) is 0 Å². The number of phenolic OH excluding ortho intramolecular Hbond substituents is 1. The Morgan fingerprint density at radius 2 is 2.11 bits per heavy atom. The number of amides is 1. The zero-order valence-corrected chi connectivity index (χ0v) is 17.8. The molecule has 1 aromatic rings.